The van der Waals surface area contributed by atoms with Crippen LogP contribution >= 0.6 is 23.1 Å². The van der Waals surface area contributed by atoms with Crippen LogP contribution in [0.2, 0.25) is 0 Å². The summed E-state index contributed by atoms with van der Waals surface area (Å²) in [5.74, 6) is 1.73. The molecular formula is C13H12N4OS2. The quantitative estimate of drug-likeness (QED) is 0.704. The lowest BCUT2D eigenvalue weighted by Gasteiger charge is -1.97. The number of thioether (sulfide) groups is 1. The van der Waals surface area contributed by atoms with Gasteiger partial charge in [-0.3, -0.25) is 4.98 Å². The summed E-state index contributed by atoms with van der Waals surface area (Å²) in [5.41, 5.74) is 1.18. The van der Waals surface area contributed by atoms with Crippen molar-refractivity contribution in [2.75, 3.05) is 5.32 Å². The van der Waals surface area contributed by atoms with Crippen LogP contribution in [0.25, 0.3) is 0 Å². The number of rotatable bonds is 6. The molecule has 7 heteroatoms. The van der Waals surface area contributed by atoms with E-state index >= 15 is 0 Å². The van der Waals surface area contributed by atoms with Gasteiger partial charge < -0.3 is 9.73 Å². The average Bonchev–Trinajstić information content (AvgIpc) is 3.16. The molecule has 102 valence electrons. The number of furan rings is 1. The Morgan fingerprint density at radius 1 is 1.25 bits per heavy atom. The molecule has 20 heavy (non-hydrogen) atoms. The molecule has 0 unspecified atom stereocenters. The monoisotopic (exact) mass is 304 g/mol. The van der Waals surface area contributed by atoms with E-state index in [2.05, 4.69) is 26.6 Å². The van der Waals surface area contributed by atoms with Crippen molar-refractivity contribution < 1.29 is 4.42 Å². The predicted molar refractivity (Wildman–Crippen MR) is 79.7 cm³/mol. The number of hydrogen-bond donors (Lipinski definition) is 1. The third kappa shape index (κ3) is 3.58. The van der Waals surface area contributed by atoms with Gasteiger partial charge in [0.25, 0.3) is 0 Å². The van der Waals surface area contributed by atoms with Crippen LogP contribution in [-0.4, -0.2) is 15.2 Å². The molecule has 3 rings (SSSR count). The molecule has 0 bridgehead atoms. The van der Waals surface area contributed by atoms with Crippen LogP contribution in [0.5, 0.6) is 0 Å². The summed E-state index contributed by atoms with van der Waals surface area (Å²) in [7, 11) is 0. The predicted octanol–water partition coefficient (Wildman–Crippen LogP) is 3.43. The van der Waals surface area contributed by atoms with Gasteiger partial charge in [-0.1, -0.05) is 29.2 Å². The fraction of sp³-hybridized carbons (Fsp3) is 0.154. The molecule has 3 aromatic heterocycles. The van der Waals surface area contributed by atoms with Gasteiger partial charge in [0.1, 0.15) is 5.76 Å². The molecule has 0 spiro atoms. The van der Waals surface area contributed by atoms with Crippen molar-refractivity contribution in [1.29, 1.82) is 0 Å². The number of pyridine rings is 1. The van der Waals surface area contributed by atoms with E-state index in [1.807, 2.05) is 24.4 Å². The molecule has 0 atom stereocenters. The van der Waals surface area contributed by atoms with E-state index in [-0.39, 0.29) is 0 Å². The zero-order valence-corrected chi connectivity index (χ0v) is 12.2. The maximum absolute atomic E-state index is 5.25. The fourth-order valence-corrected chi connectivity index (χ4v) is 3.23. The summed E-state index contributed by atoms with van der Waals surface area (Å²) in [6.07, 6.45) is 5.30. The second-order valence-electron chi connectivity index (χ2n) is 3.96. The molecule has 0 aliphatic heterocycles. The van der Waals surface area contributed by atoms with Crippen LogP contribution in [0.4, 0.5) is 5.13 Å². The number of hydrogen-bond acceptors (Lipinski definition) is 7. The summed E-state index contributed by atoms with van der Waals surface area (Å²) in [6, 6.07) is 7.78. The Hall–Kier alpha value is -1.86. The van der Waals surface area contributed by atoms with Crippen LogP contribution in [0.15, 0.2) is 51.7 Å². The molecule has 3 aromatic rings. The standard InChI is InChI=1S/C13H12N4OS2/c1-3-10(7-14-5-1)9-19-13-17-16-12(20-13)15-8-11-4-2-6-18-11/h1-7H,8-9H2,(H,15,16). The van der Waals surface area contributed by atoms with E-state index in [0.717, 1.165) is 21.0 Å². The molecule has 3 heterocycles. The second-order valence-corrected chi connectivity index (χ2v) is 6.16. The Bertz CT molecular complexity index is 639. The first-order valence-electron chi connectivity index (χ1n) is 6.01. The second kappa shape index (κ2) is 6.53. The minimum absolute atomic E-state index is 0.620. The van der Waals surface area contributed by atoms with Gasteiger partial charge in [-0.25, -0.2) is 0 Å². The van der Waals surface area contributed by atoms with E-state index < -0.39 is 0 Å². The third-order valence-corrected chi connectivity index (χ3v) is 4.57. The van der Waals surface area contributed by atoms with Crippen LogP contribution in [0.3, 0.4) is 0 Å². The Kier molecular flexibility index (Phi) is 4.29. The van der Waals surface area contributed by atoms with Crippen LogP contribution < -0.4 is 5.32 Å². The van der Waals surface area contributed by atoms with Gasteiger partial charge in [-0.2, -0.15) is 0 Å². The highest BCUT2D eigenvalue weighted by Gasteiger charge is 2.05. The van der Waals surface area contributed by atoms with E-state index in [1.165, 1.54) is 5.56 Å². The van der Waals surface area contributed by atoms with Gasteiger partial charge in [0.05, 0.1) is 12.8 Å². The molecule has 0 radical (unpaired) electrons. The van der Waals surface area contributed by atoms with Crippen molar-refractivity contribution >= 4 is 28.2 Å². The van der Waals surface area contributed by atoms with Gasteiger partial charge >= 0.3 is 0 Å². The highest BCUT2D eigenvalue weighted by Crippen LogP contribution is 2.28. The maximum atomic E-state index is 5.25. The van der Waals surface area contributed by atoms with E-state index in [9.17, 15) is 0 Å². The smallest absolute Gasteiger partial charge is 0.206 e. The third-order valence-electron chi connectivity index (χ3n) is 2.49. The minimum atomic E-state index is 0.620. The first-order valence-corrected chi connectivity index (χ1v) is 7.82. The molecule has 0 aromatic carbocycles. The highest BCUT2D eigenvalue weighted by molar-refractivity contribution is 8.00. The van der Waals surface area contributed by atoms with Gasteiger partial charge in [-0.15, -0.1) is 10.2 Å². The van der Waals surface area contributed by atoms with E-state index in [1.54, 1.807) is 35.6 Å². The molecule has 0 aliphatic carbocycles. The first kappa shape index (κ1) is 13.1. The van der Waals surface area contributed by atoms with Gasteiger partial charge in [0.2, 0.25) is 5.13 Å². The van der Waals surface area contributed by atoms with Gasteiger partial charge in [0.15, 0.2) is 4.34 Å². The van der Waals surface area contributed by atoms with Crippen molar-refractivity contribution in [3.8, 4) is 0 Å². The summed E-state index contributed by atoms with van der Waals surface area (Å²) in [5, 5.41) is 12.2. The molecule has 0 fully saturated rings. The molecule has 1 N–H and O–H groups in total. The summed E-state index contributed by atoms with van der Waals surface area (Å²) in [6.45, 7) is 0.620. The summed E-state index contributed by atoms with van der Waals surface area (Å²) in [4.78, 5) is 4.09. The first-order chi connectivity index (χ1) is 9.90. The van der Waals surface area contributed by atoms with Gasteiger partial charge in [0, 0.05) is 18.1 Å². The zero-order valence-electron chi connectivity index (χ0n) is 10.5. The normalized spacial score (nSPS) is 10.6. The average molecular weight is 304 g/mol. The lowest BCUT2D eigenvalue weighted by atomic mass is 10.3. The summed E-state index contributed by atoms with van der Waals surface area (Å²) >= 11 is 3.20. The van der Waals surface area contributed by atoms with Gasteiger partial charge in [-0.05, 0) is 23.8 Å². The molecule has 5 nitrogen and oxygen atoms in total. The SMILES string of the molecule is c1cncc(CSc2nnc(NCc3ccco3)s2)c1. The molecule has 0 saturated carbocycles. The number of aromatic nitrogens is 3. The van der Waals surface area contributed by atoms with Crippen molar-refractivity contribution in [3.05, 3.63) is 54.2 Å². The largest absolute Gasteiger partial charge is 0.467 e. The van der Waals surface area contributed by atoms with Crippen molar-refractivity contribution in [3.63, 3.8) is 0 Å². The number of nitrogens with one attached hydrogen (secondary N) is 1. The Morgan fingerprint density at radius 3 is 3.05 bits per heavy atom. The molecule has 0 aliphatic rings. The zero-order chi connectivity index (χ0) is 13.6. The van der Waals surface area contributed by atoms with Crippen molar-refractivity contribution in [2.45, 2.75) is 16.6 Å². The molecular weight excluding hydrogens is 292 g/mol. The Balaban J connectivity index is 1.51. The highest BCUT2D eigenvalue weighted by atomic mass is 32.2. The minimum Gasteiger partial charge on any atom is -0.467 e. The molecule has 0 amide bonds. The maximum Gasteiger partial charge on any atom is 0.206 e. The van der Waals surface area contributed by atoms with E-state index in [0.29, 0.717) is 6.54 Å². The fourth-order valence-electron chi connectivity index (χ4n) is 1.54. The van der Waals surface area contributed by atoms with Crippen LogP contribution in [-0.2, 0) is 12.3 Å². The number of anilines is 1. The van der Waals surface area contributed by atoms with Crippen LogP contribution in [0.1, 0.15) is 11.3 Å². The lowest BCUT2D eigenvalue weighted by Crippen LogP contribution is -1.96. The van der Waals surface area contributed by atoms with Crippen molar-refractivity contribution in [2.24, 2.45) is 0 Å². The van der Waals surface area contributed by atoms with E-state index in [4.69, 9.17) is 4.42 Å². The topological polar surface area (TPSA) is 63.8 Å². The Morgan fingerprint density at radius 2 is 2.25 bits per heavy atom. The lowest BCUT2D eigenvalue weighted by molar-refractivity contribution is 0.518. The molecule has 0 saturated heterocycles. The van der Waals surface area contributed by atoms with Crippen molar-refractivity contribution in [1.82, 2.24) is 15.2 Å². The van der Waals surface area contributed by atoms with Crippen LogP contribution in [0, 0.1) is 0 Å². The summed E-state index contributed by atoms with van der Waals surface area (Å²) < 4.78 is 6.19. The number of nitrogens with zero attached hydrogens (tertiary/aromatic N) is 3. The Labute approximate surface area is 124 Å².